The monoisotopic (exact) mass is 253 g/mol. The molecule has 19 heavy (non-hydrogen) atoms. The summed E-state index contributed by atoms with van der Waals surface area (Å²) < 4.78 is 0. The van der Waals surface area contributed by atoms with Crippen LogP contribution in [0.4, 0.5) is 5.82 Å². The Morgan fingerprint density at radius 2 is 1.95 bits per heavy atom. The van der Waals surface area contributed by atoms with Gasteiger partial charge >= 0.3 is 0 Å². The fourth-order valence-corrected chi connectivity index (χ4v) is 1.74. The minimum Gasteiger partial charge on any atom is -0.396 e. The Morgan fingerprint density at radius 3 is 2.63 bits per heavy atom. The van der Waals surface area contributed by atoms with Crippen molar-refractivity contribution in [3.63, 3.8) is 0 Å². The highest BCUT2D eigenvalue weighted by atomic mass is 16.3. The first-order chi connectivity index (χ1) is 9.35. The Morgan fingerprint density at radius 1 is 1.16 bits per heavy atom. The summed E-state index contributed by atoms with van der Waals surface area (Å²) in [7, 11) is 0. The first-order valence-electron chi connectivity index (χ1n) is 6.16. The summed E-state index contributed by atoms with van der Waals surface area (Å²) in [6.07, 6.45) is 0.627. The summed E-state index contributed by atoms with van der Waals surface area (Å²) in [6, 6.07) is 15.5. The molecule has 2 aromatic rings. The van der Waals surface area contributed by atoms with Crippen LogP contribution in [0.2, 0.25) is 0 Å². The maximum atomic E-state index is 9.06. The van der Waals surface area contributed by atoms with Gasteiger partial charge < -0.3 is 10.4 Å². The van der Waals surface area contributed by atoms with Gasteiger partial charge in [-0.1, -0.05) is 30.3 Å². The first kappa shape index (κ1) is 13.1. The van der Waals surface area contributed by atoms with Crippen LogP contribution in [0.5, 0.6) is 0 Å². The van der Waals surface area contributed by atoms with Crippen LogP contribution in [-0.4, -0.2) is 23.2 Å². The topological polar surface area (TPSA) is 68.9 Å². The van der Waals surface area contributed by atoms with E-state index in [-0.39, 0.29) is 6.61 Å². The molecule has 0 amide bonds. The van der Waals surface area contributed by atoms with E-state index in [9.17, 15) is 0 Å². The normalized spacial score (nSPS) is 9.89. The SMILES string of the molecule is N#Cc1ccc(-c2ccccc2)nc1NCCCO. The molecule has 2 rings (SSSR count). The number of aliphatic hydroxyl groups is 1. The van der Waals surface area contributed by atoms with E-state index >= 15 is 0 Å². The van der Waals surface area contributed by atoms with Gasteiger partial charge in [0.05, 0.1) is 11.3 Å². The number of hydrogen-bond acceptors (Lipinski definition) is 4. The summed E-state index contributed by atoms with van der Waals surface area (Å²) in [5.74, 6) is 0.567. The standard InChI is InChI=1S/C15H15N3O/c16-11-13-7-8-14(12-5-2-1-3-6-12)18-15(13)17-9-4-10-19/h1-3,5-8,19H,4,9-10H2,(H,17,18). The van der Waals surface area contributed by atoms with Crippen LogP contribution in [-0.2, 0) is 0 Å². The van der Waals surface area contributed by atoms with Crippen LogP contribution in [0.3, 0.4) is 0 Å². The van der Waals surface area contributed by atoms with E-state index < -0.39 is 0 Å². The molecule has 0 atom stereocenters. The Bertz CT molecular complexity index is 576. The lowest BCUT2D eigenvalue weighted by Gasteiger charge is -2.08. The van der Waals surface area contributed by atoms with Crippen molar-refractivity contribution in [2.45, 2.75) is 6.42 Å². The molecule has 1 aromatic heterocycles. The van der Waals surface area contributed by atoms with Crippen LogP contribution in [0.1, 0.15) is 12.0 Å². The highest BCUT2D eigenvalue weighted by Crippen LogP contribution is 2.21. The maximum absolute atomic E-state index is 9.06. The molecule has 1 aromatic carbocycles. The van der Waals surface area contributed by atoms with Gasteiger partial charge in [-0.15, -0.1) is 0 Å². The summed E-state index contributed by atoms with van der Waals surface area (Å²) in [5.41, 5.74) is 2.35. The number of aliphatic hydroxyl groups excluding tert-OH is 1. The molecule has 0 aliphatic carbocycles. The fraction of sp³-hybridized carbons (Fsp3) is 0.200. The zero-order valence-corrected chi connectivity index (χ0v) is 10.5. The van der Waals surface area contributed by atoms with Crippen molar-refractivity contribution in [2.24, 2.45) is 0 Å². The van der Waals surface area contributed by atoms with Gasteiger partial charge in [0.15, 0.2) is 0 Å². The molecule has 1 heterocycles. The number of anilines is 1. The van der Waals surface area contributed by atoms with E-state index in [1.54, 1.807) is 6.07 Å². The number of nitrogens with one attached hydrogen (secondary N) is 1. The van der Waals surface area contributed by atoms with Crippen LogP contribution in [0, 0.1) is 11.3 Å². The Hall–Kier alpha value is -2.38. The van der Waals surface area contributed by atoms with E-state index in [0.717, 1.165) is 11.3 Å². The second-order valence-electron chi connectivity index (χ2n) is 4.07. The van der Waals surface area contributed by atoms with Crippen LogP contribution >= 0.6 is 0 Å². The van der Waals surface area contributed by atoms with E-state index in [1.807, 2.05) is 36.4 Å². The quantitative estimate of drug-likeness (QED) is 0.803. The molecule has 0 unspecified atom stereocenters. The van der Waals surface area contributed by atoms with Gasteiger partial charge in [0, 0.05) is 18.7 Å². The summed E-state index contributed by atoms with van der Waals surface area (Å²) in [5, 5.41) is 20.9. The molecular weight excluding hydrogens is 238 g/mol. The molecule has 0 saturated heterocycles. The van der Waals surface area contributed by atoms with Crippen molar-refractivity contribution in [1.29, 1.82) is 5.26 Å². The van der Waals surface area contributed by atoms with Crippen LogP contribution in [0.25, 0.3) is 11.3 Å². The third-order valence-electron chi connectivity index (χ3n) is 2.71. The van der Waals surface area contributed by atoms with Crippen LogP contribution in [0.15, 0.2) is 42.5 Å². The number of pyridine rings is 1. The van der Waals surface area contributed by atoms with Crippen molar-refractivity contribution >= 4 is 5.82 Å². The summed E-state index contributed by atoms with van der Waals surface area (Å²) in [6.45, 7) is 0.712. The largest absolute Gasteiger partial charge is 0.396 e. The van der Waals surface area contributed by atoms with Crippen molar-refractivity contribution in [3.8, 4) is 17.3 Å². The third-order valence-corrected chi connectivity index (χ3v) is 2.71. The minimum absolute atomic E-state index is 0.118. The first-order valence-corrected chi connectivity index (χ1v) is 6.16. The van der Waals surface area contributed by atoms with Gasteiger partial charge in [0.1, 0.15) is 11.9 Å². The second-order valence-corrected chi connectivity index (χ2v) is 4.07. The molecule has 0 fully saturated rings. The zero-order valence-electron chi connectivity index (χ0n) is 10.5. The molecule has 0 saturated carbocycles. The molecule has 96 valence electrons. The van der Waals surface area contributed by atoms with E-state index in [1.165, 1.54) is 0 Å². The number of nitrogens with zero attached hydrogens (tertiary/aromatic N) is 2. The zero-order chi connectivity index (χ0) is 13.5. The maximum Gasteiger partial charge on any atom is 0.144 e. The molecule has 0 spiro atoms. The number of benzene rings is 1. The molecule has 0 radical (unpaired) electrons. The fourth-order valence-electron chi connectivity index (χ4n) is 1.74. The third kappa shape index (κ3) is 3.30. The lowest BCUT2D eigenvalue weighted by atomic mass is 10.1. The van der Waals surface area contributed by atoms with Crippen molar-refractivity contribution in [3.05, 3.63) is 48.0 Å². The highest BCUT2D eigenvalue weighted by Gasteiger charge is 2.06. The van der Waals surface area contributed by atoms with Gasteiger partial charge in [-0.3, -0.25) is 0 Å². The van der Waals surface area contributed by atoms with Gasteiger partial charge in [0.25, 0.3) is 0 Å². The van der Waals surface area contributed by atoms with Crippen molar-refractivity contribution in [1.82, 2.24) is 4.98 Å². The van der Waals surface area contributed by atoms with Gasteiger partial charge in [-0.2, -0.15) is 5.26 Å². The van der Waals surface area contributed by atoms with Gasteiger partial charge in [0.2, 0.25) is 0 Å². The van der Waals surface area contributed by atoms with Crippen molar-refractivity contribution < 1.29 is 5.11 Å². The van der Waals surface area contributed by atoms with Crippen molar-refractivity contribution in [2.75, 3.05) is 18.5 Å². The van der Waals surface area contributed by atoms with E-state index in [2.05, 4.69) is 16.4 Å². The molecule has 0 bridgehead atoms. The number of nitriles is 1. The number of rotatable bonds is 5. The number of hydrogen-bond donors (Lipinski definition) is 2. The van der Waals surface area contributed by atoms with Gasteiger partial charge in [-0.25, -0.2) is 4.98 Å². The summed E-state index contributed by atoms with van der Waals surface area (Å²) in [4.78, 5) is 4.47. The highest BCUT2D eigenvalue weighted by molar-refractivity contribution is 5.64. The Balaban J connectivity index is 2.28. The average molecular weight is 253 g/mol. The average Bonchev–Trinajstić information content (AvgIpc) is 2.48. The van der Waals surface area contributed by atoms with Crippen LogP contribution < -0.4 is 5.32 Å². The predicted molar refractivity (Wildman–Crippen MR) is 74.6 cm³/mol. The molecule has 0 aliphatic heterocycles. The Kier molecular flexibility index (Phi) is 4.49. The molecule has 2 N–H and O–H groups in total. The minimum atomic E-state index is 0.118. The molecule has 4 heteroatoms. The Labute approximate surface area is 112 Å². The summed E-state index contributed by atoms with van der Waals surface area (Å²) >= 11 is 0. The van der Waals surface area contributed by atoms with Gasteiger partial charge in [-0.05, 0) is 18.6 Å². The molecule has 0 aliphatic rings. The predicted octanol–water partition coefficient (Wildman–Crippen LogP) is 2.41. The number of aromatic nitrogens is 1. The molecular formula is C15H15N3O. The lowest BCUT2D eigenvalue weighted by molar-refractivity contribution is 0.292. The smallest absolute Gasteiger partial charge is 0.144 e. The second kappa shape index (κ2) is 6.53. The van der Waals surface area contributed by atoms with E-state index in [0.29, 0.717) is 24.3 Å². The van der Waals surface area contributed by atoms with E-state index in [4.69, 9.17) is 10.4 Å². The molecule has 4 nitrogen and oxygen atoms in total. The lowest BCUT2D eigenvalue weighted by Crippen LogP contribution is -2.07.